The van der Waals surface area contributed by atoms with Crippen molar-refractivity contribution in [3.8, 4) is 0 Å². The molecular formula is C7H13N2O2. The van der Waals surface area contributed by atoms with Crippen molar-refractivity contribution in [3.63, 3.8) is 0 Å². The molecule has 0 saturated carbocycles. The number of hydrogen-bond acceptors (Lipinski definition) is 2. The molecule has 0 aromatic carbocycles. The van der Waals surface area contributed by atoms with Gasteiger partial charge in [0.25, 0.3) is 0 Å². The molecule has 0 bridgehead atoms. The molecule has 0 unspecified atom stereocenters. The Kier molecular flexibility index (Phi) is 3.32. The van der Waals surface area contributed by atoms with Gasteiger partial charge >= 0.3 is 0 Å². The molecule has 4 nitrogen and oxygen atoms in total. The highest BCUT2D eigenvalue weighted by Crippen LogP contribution is 1.99. The molecule has 4 heteroatoms. The van der Waals surface area contributed by atoms with Crippen LogP contribution in [0.3, 0.4) is 0 Å². The summed E-state index contributed by atoms with van der Waals surface area (Å²) >= 11 is 0. The van der Waals surface area contributed by atoms with Crippen LogP contribution in [-0.2, 0) is 9.84 Å². The lowest BCUT2D eigenvalue weighted by Crippen LogP contribution is -2.40. The number of hydrogen-bond donors (Lipinski definition) is 1. The fraction of sp³-hybridized carbons (Fsp3) is 0.857. The highest BCUT2D eigenvalue weighted by atomic mass is 16.5. The second-order valence-electron chi connectivity index (χ2n) is 2.50. The Labute approximate surface area is 66.3 Å². The summed E-state index contributed by atoms with van der Waals surface area (Å²) in [5.74, 6) is 0.461. The Balaban J connectivity index is 2.27. The van der Waals surface area contributed by atoms with Crippen LogP contribution in [0.5, 0.6) is 0 Å². The second-order valence-corrected chi connectivity index (χ2v) is 2.50. The lowest BCUT2D eigenvalue weighted by molar-refractivity contribution is 0.0658. The van der Waals surface area contributed by atoms with Gasteiger partial charge in [-0.05, 0) is 0 Å². The number of morpholine rings is 1. The number of amidine groups is 1. The third-order valence-corrected chi connectivity index (χ3v) is 1.73. The molecule has 0 aromatic heterocycles. The Hall–Kier alpha value is -0.610. The first-order valence-corrected chi connectivity index (χ1v) is 3.83. The lowest BCUT2D eigenvalue weighted by Gasteiger charge is -2.28. The molecule has 1 saturated heterocycles. The third kappa shape index (κ3) is 2.48. The van der Waals surface area contributed by atoms with Crippen molar-refractivity contribution in [2.24, 2.45) is 0 Å². The summed E-state index contributed by atoms with van der Waals surface area (Å²) in [6.45, 7) is 2.70. The van der Waals surface area contributed by atoms with Crippen LogP contribution < -0.4 is 0 Å². The summed E-state index contributed by atoms with van der Waals surface area (Å²) in [5.41, 5.74) is 0. The summed E-state index contributed by atoms with van der Waals surface area (Å²) < 4.78 is 5.11. The highest BCUT2D eigenvalue weighted by Gasteiger charge is 2.12. The summed E-state index contributed by atoms with van der Waals surface area (Å²) in [6.07, 6.45) is 0.347. The molecule has 1 radical (unpaired) electrons. The maximum absolute atomic E-state index is 10.2. The van der Waals surface area contributed by atoms with Crippen molar-refractivity contribution in [2.75, 3.05) is 32.9 Å². The van der Waals surface area contributed by atoms with Gasteiger partial charge in [-0.3, -0.25) is 5.41 Å². The Morgan fingerprint density at radius 2 is 2.09 bits per heavy atom. The van der Waals surface area contributed by atoms with E-state index in [-0.39, 0.29) is 6.61 Å². The van der Waals surface area contributed by atoms with Crippen molar-refractivity contribution in [3.05, 3.63) is 0 Å². The zero-order valence-corrected chi connectivity index (χ0v) is 6.51. The molecule has 63 valence electrons. The van der Waals surface area contributed by atoms with Gasteiger partial charge in [0.1, 0.15) is 0 Å². The maximum Gasteiger partial charge on any atom is 0.0983 e. The van der Waals surface area contributed by atoms with Crippen LogP contribution in [0.25, 0.3) is 0 Å². The van der Waals surface area contributed by atoms with Gasteiger partial charge in [0, 0.05) is 19.5 Å². The number of nitrogens with zero attached hydrogens (tertiary/aromatic N) is 1. The predicted molar refractivity (Wildman–Crippen MR) is 40.3 cm³/mol. The average Bonchev–Trinajstić information content (AvgIpc) is 2.07. The largest absolute Gasteiger partial charge is 0.378 e. The summed E-state index contributed by atoms with van der Waals surface area (Å²) in [5, 5.41) is 17.6. The summed E-state index contributed by atoms with van der Waals surface area (Å²) in [7, 11) is 0. The summed E-state index contributed by atoms with van der Waals surface area (Å²) in [6, 6.07) is 0. The normalized spacial score (nSPS) is 18.5. The molecule has 0 amide bonds. The number of nitrogens with one attached hydrogen (secondary N) is 1. The molecule has 1 aliphatic heterocycles. The minimum atomic E-state index is -0.184. The highest BCUT2D eigenvalue weighted by molar-refractivity contribution is 5.79. The zero-order valence-electron chi connectivity index (χ0n) is 6.51. The molecule has 0 atom stereocenters. The van der Waals surface area contributed by atoms with Gasteiger partial charge in [0.05, 0.1) is 25.7 Å². The monoisotopic (exact) mass is 157 g/mol. The van der Waals surface area contributed by atoms with Crippen LogP contribution in [0.1, 0.15) is 6.42 Å². The van der Waals surface area contributed by atoms with E-state index in [2.05, 4.69) is 0 Å². The van der Waals surface area contributed by atoms with Crippen LogP contribution in [0.2, 0.25) is 0 Å². The molecule has 11 heavy (non-hydrogen) atoms. The van der Waals surface area contributed by atoms with Gasteiger partial charge in [-0.25, -0.2) is 5.11 Å². The van der Waals surface area contributed by atoms with Crippen molar-refractivity contribution < 1.29 is 9.84 Å². The van der Waals surface area contributed by atoms with Crippen LogP contribution in [-0.4, -0.2) is 43.6 Å². The lowest BCUT2D eigenvalue weighted by atomic mass is 10.3. The fourth-order valence-electron chi connectivity index (χ4n) is 1.09. The van der Waals surface area contributed by atoms with Crippen molar-refractivity contribution in [1.29, 1.82) is 5.41 Å². The molecule has 1 heterocycles. The van der Waals surface area contributed by atoms with E-state index in [0.29, 0.717) is 25.5 Å². The van der Waals surface area contributed by atoms with E-state index in [9.17, 15) is 5.11 Å². The van der Waals surface area contributed by atoms with Crippen LogP contribution in [0.4, 0.5) is 0 Å². The van der Waals surface area contributed by atoms with E-state index in [1.165, 1.54) is 0 Å². The van der Waals surface area contributed by atoms with Gasteiger partial charge in [0.2, 0.25) is 0 Å². The Morgan fingerprint density at radius 1 is 1.45 bits per heavy atom. The minimum Gasteiger partial charge on any atom is -0.378 e. The first-order chi connectivity index (χ1) is 5.34. The topological polar surface area (TPSA) is 56.2 Å². The first kappa shape index (κ1) is 8.49. The third-order valence-electron chi connectivity index (χ3n) is 1.73. The van der Waals surface area contributed by atoms with Crippen LogP contribution in [0.15, 0.2) is 0 Å². The SMILES string of the molecule is N=C(CC[O])N1CCOCC1. The fourth-order valence-corrected chi connectivity index (χ4v) is 1.09. The second kappa shape index (κ2) is 4.31. The van der Waals surface area contributed by atoms with E-state index >= 15 is 0 Å². The Bertz CT molecular complexity index is 132. The van der Waals surface area contributed by atoms with Crippen molar-refractivity contribution in [1.82, 2.24) is 4.90 Å². The van der Waals surface area contributed by atoms with Gasteiger partial charge in [-0.2, -0.15) is 0 Å². The molecular weight excluding hydrogens is 144 g/mol. The Morgan fingerprint density at radius 3 is 2.64 bits per heavy atom. The van der Waals surface area contributed by atoms with E-state index in [1.807, 2.05) is 4.90 Å². The van der Waals surface area contributed by atoms with Crippen LogP contribution >= 0.6 is 0 Å². The van der Waals surface area contributed by atoms with Crippen LogP contribution in [0, 0.1) is 5.41 Å². The van der Waals surface area contributed by atoms with Gasteiger partial charge in [-0.15, -0.1) is 0 Å². The maximum atomic E-state index is 10.2. The molecule has 1 rings (SSSR count). The summed E-state index contributed by atoms with van der Waals surface area (Å²) in [4.78, 5) is 1.90. The van der Waals surface area contributed by atoms with E-state index in [1.54, 1.807) is 0 Å². The number of ether oxygens (including phenoxy) is 1. The smallest absolute Gasteiger partial charge is 0.0983 e. The molecule has 1 fully saturated rings. The van der Waals surface area contributed by atoms with E-state index < -0.39 is 0 Å². The quantitative estimate of drug-likeness (QED) is 0.457. The molecule has 1 aliphatic rings. The zero-order chi connectivity index (χ0) is 8.10. The average molecular weight is 157 g/mol. The van der Waals surface area contributed by atoms with E-state index in [0.717, 1.165) is 13.1 Å². The van der Waals surface area contributed by atoms with Crippen molar-refractivity contribution >= 4 is 5.84 Å². The number of rotatable bonds is 2. The van der Waals surface area contributed by atoms with E-state index in [4.69, 9.17) is 10.1 Å². The van der Waals surface area contributed by atoms with Gasteiger partial charge < -0.3 is 9.64 Å². The molecule has 0 aliphatic carbocycles. The molecule has 1 N–H and O–H groups in total. The van der Waals surface area contributed by atoms with Gasteiger partial charge in [0.15, 0.2) is 0 Å². The first-order valence-electron chi connectivity index (χ1n) is 3.83. The predicted octanol–water partition coefficient (Wildman–Crippen LogP) is 0.116. The standard InChI is InChI=1S/C7H13N2O2/c8-7(1-4-10)9-2-5-11-6-3-9/h8H,1-6H2. The van der Waals surface area contributed by atoms with Gasteiger partial charge in [-0.1, -0.05) is 0 Å². The van der Waals surface area contributed by atoms with Crippen molar-refractivity contribution in [2.45, 2.75) is 6.42 Å². The minimum absolute atomic E-state index is 0.184. The molecule has 0 spiro atoms. The molecule has 0 aromatic rings.